The predicted octanol–water partition coefficient (Wildman–Crippen LogP) is 11.6. The Morgan fingerprint density at radius 1 is 0.116 bits per heavy atom. The Balaban J connectivity index is 1.92. The van der Waals surface area contributed by atoms with Gasteiger partial charge in [-0.05, 0) is 0 Å². The summed E-state index contributed by atoms with van der Waals surface area (Å²) < 4.78 is 442. The van der Waals surface area contributed by atoms with E-state index in [1.54, 1.807) is 0 Å². The highest BCUT2D eigenvalue weighted by atomic mass is 19.2. The van der Waals surface area contributed by atoms with Crippen LogP contribution in [0.25, 0.3) is 43.1 Å². The van der Waals surface area contributed by atoms with E-state index in [4.69, 9.17) is 0 Å². The van der Waals surface area contributed by atoms with Crippen molar-refractivity contribution in [1.82, 2.24) is 0 Å². The molecule has 0 aromatic heterocycles. The van der Waals surface area contributed by atoms with Crippen molar-refractivity contribution in [3.05, 3.63) is 163 Å². The molecule has 8 aromatic carbocycles. The van der Waals surface area contributed by atoms with Gasteiger partial charge in [0.05, 0.1) is 43.1 Å². The van der Waals surface area contributed by atoms with Crippen LogP contribution in [0.5, 0.6) is 0 Å². The van der Waals surface area contributed by atoms with Crippen LogP contribution in [0.2, 0.25) is 0 Å². The Hall–Kier alpha value is -7.10. The molecule has 8 rings (SSSR count). The van der Waals surface area contributed by atoms with E-state index in [-0.39, 0.29) is 0 Å². The molecule has 0 spiro atoms. The molecule has 69 heavy (non-hydrogen) atoms. The quantitative estimate of drug-likeness (QED) is 0.0713. The number of hydrogen-bond acceptors (Lipinski definition) is 0. The van der Waals surface area contributed by atoms with Crippen molar-refractivity contribution in [2.75, 3.05) is 0 Å². The van der Waals surface area contributed by atoms with Gasteiger partial charge in [-0.1, -0.05) is 0 Å². The van der Waals surface area contributed by atoms with Gasteiger partial charge in [0, 0.05) is 0 Å². The summed E-state index contributed by atoms with van der Waals surface area (Å²) in [5.74, 6) is -102. The molecule has 0 fully saturated rings. The van der Waals surface area contributed by atoms with E-state index in [0.29, 0.717) is 0 Å². The third-order valence-electron chi connectivity index (χ3n) is 11.2. The summed E-state index contributed by atoms with van der Waals surface area (Å²) in [6.45, 7) is 0. The summed E-state index contributed by atoms with van der Waals surface area (Å²) in [6, 6.07) is 0. The number of rotatable bonds is 4. The van der Waals surface area contributed by atoms with Crippen LogP contribution in [0.4, 0.5) is 123 Å². The van der Waals surface area contributed by atoms with Crippen LogP contribution in [-0.4, -0.2) is 6.15 Å². The predicted molar refractivity (Wildman–Crippen MR) is 179 cm³/mol. The Kier molecular flexibility index (Phi) is 10.8. The molecule has 0 N–H and O–H groups in total. The summed E-state index contributed by atoms with van der Waals surface area (Å²) in [7, 11) is 0. The van der Waals surface area contributed by atoms with Crippen LogP contribution < -0.4 is 21.9 Å². The zero-order valence-corrected chi connectivity index (χ0v) is 31.2. The van der Waals surface area contributed by atoms with Crippen LogP contribution in [0, 0.1) is 163 Å². The van der Waals surface area contributed by atoms with E-state index in [0.717, 1.165) is 0 Å². The van der Waals surface area contributed by atoms with Gasteiger partial charge in [-0.2, -0.15) is 0 Å². The SMILES string of the molecule is Fc1c(F)c(F)c2c(F)c([B-](c3c(F)c(F)c4c(F)c(F)c(F)c(F)c4c3F)(c3c(F)c(F)c4c(F)c(F)c(F)c(F)c4c3F)c3c(F)c(F)c4c(F)c(F)c(F)c(F)c4c3F)c(F)c(F)c2c1F. The van der Waals surface area contributed by atoms with Crippen molar-refractivity contribution in [3.63, 3.8) is 0 Å². The molecular weight excluding hydrogens is 1020 g/mol. The van der Waals surface area contributed by atoms with Crippen molar-refractivity contribution < 1.29 is 123 Å². The van der Waals surface area contributed by atoms with Crippen molar-refractivity contribution in [2.24, 2.45) is 0 Å². The highest BCUT2D eigenvalue weighted by molar-refractivity contribution is 7.20. The van der Waals surface area contributed by atoms with Crippen LogP contribution in [0.3, 0.4) is 0 Å². The first kappa shape index (κ1) is 48.4. The minimum absolute atomic E-state index is 3.02. The number of benzene rings is 8. The Labute approximate surface area is 357 Å². The second-order valence-corrected chi connectivity index (χ2v) is 14.3. The average molecular weight is 1020 g/mol. The maximum atomic E-state index is 17.4. The lowest BCUT2D eigenvalue weighted by Gasteiger charge is -2.45. The average Bonchev–Trinajstić information content (AvgIpc) is 3.30. The third-order valence-corrected chi connectivity index (χ3v) is 11.2. The molecule has 0 aliphatic rings. The first-order valence-corrected chi connectivity index (χ1v) is 17.4. The van der Waals surface area contributed by atoms with E-state index >= 15 is 87.8 Å². The molecule has 0 heterocycles. The van der Waals surface area contributed by atoms with Crippen molar-refractivity contribution in [2.45, 2.75) is 0 Å². The molecule has 0 atom stereocenters. The molecule has 0 aliphatic heterocycles. The molecule has 0 bridgehead atoms. The van der Waals surface area contributed by atoms with Gasteiger partial charge in [0.2, 0.25) is 0 Å². The first-order chi connectivity index (χ1) is 32.0. The number of halogens is 28. The fraction of sp³-hybridized carbons (Fsp3) is 0. The lowest BCUT2D eigenvalue weighted by molar-refractivity contribution is 0.412. The maximum absolute atomic E-state index is 17.4. The van der Waals surface area contributed by atoms with Crippen molar-refractivity contribution >= 4 is 71.1 Å². The monoisotopic (exact) mass is 1020 g/mol. The van der Waals surface area contributed by atoms with Gasteiger partial charge in [0.1, 0.15) is 52.7 Å². The minimum atomic E-state index is -7.99. The van der Waals surface area contributed by atoms with E-state index in [1.165, 1.54) is 0 Å². The van der Waals surface area contributed by atoms with Crippen LogP contribution in [0.15, 0.2) is 0 Å². The second-order valence-electron chi connectivity index (χ2n) is 14.3. The summed E-state index contributed by atoms with van der Waals surface area (Å²) in [4.78, 5) is 0. The molecular formula is C40BF28-. The zero-order valence-electron chi connectivity index (χ0n) is 31.2. The smallest absolute Gasteiger partial charge is 0.198 e. The lowest BCUT2D eigenvalue weighted by Crippen LogP contribution is -2.80. The van der Waals surface area contributed by atoms with Crippen molar-refractivity contribution in [3.8, 4) is 0 Å². The van der Waals surface area contributed by atoms with Crippen LogP contribution in [0.1, 0.15) is 0 Å². The second kappa shape index (κ2) is 15.5. The fourth-order valence-corrected chi connectivity index (χ4v) is 8.40. The largest absolute Gasteiger partial charge is 0.210 e. The summed E-state index contributed by atoms with van der Waals surface area (Å²) >= 11 is 0. The number of fused-ring (bicyclic) bond motifs is 4. The fourth-order valence-electron chi connectivity index (χ4n) is 8.40. The minimum Gasteiger partial charge on any atom is -0.210 e. The summed E-state index contributed by atoms with van der Waals surface area (Å²) in [5, 5.41) is -25.0. The van der Waals surface area contributed by atoms with Crippen LogP contribution in [-0.2, 0) is 0 Å². The third kappa shape index (κ3) is 5.68. The number of hydrogen-bond donors (Lipinski definition) is 0. The molecule has 0 aliphatic carbocycles. The lowest BCUT2D eigenvalue weighted by atomic mass is 9.12. The molecule has 0 nitrogen and oxygen atoms in total. The van der Waals surface area contributed by atoms with Crippen molar-refractivity contribution in [1.29, 1.82) is 0 Å². The molecule has 29 heteroatoms. The van der Waals surface area contributed by atoms with Gasteiger partial charge < -0.3 is 0 Å². The molecule has 0 saturated heterocycles. The molecule has 0 unspecified atom stereocenters. The van der Waals surface area contributed by atoms with Crippen LogP contribution >= 0.6 is 0 Å². The van der Waals surface area contributed by atoms with Gasteiger partial charge in [0.25, 0.3) is 0 Å². The van der Waals surface area contributed by atoms with E-state index < -0.39 is 234 Å². The highest BCUT2D eigenvalue weighted by Crippen LogP contribution is 2.41. The van der Waals surface area contributed by atoms with Gasteiger partial charge >= 0.3 is 0 Å². The Bertz CT molecular complexity index is 3280. The molecule has 0 amide bonds. The molecule has 0 radical (unpaired) electrons. The standard InChI is InChI=1S/C40BF28/c42-13-1-5(25(54)37(66)33(62)21(1)50)17(46)29(58)9(13)41(10-14(43)2-6(18(47)30(10)59)26(55)38(67)34(63)22(2)51,11-15(44)3-7(19(48)31(11)60)27(56)39(68)35(64)23(3)52)12-16(45)4-8(20(49)32(12)61)28(57)40(69)36(65)24(4)53/q-1. The summed E-state index contributed by atoms with van der Waals surface area (Å²) in [5.41, 5.74) is -15.9. The summed E-state index contributed by atoms with van der Waals surface area (Å²) in [6.07, 6.45) is -7.99. The van der Waals surface area contributed by atoms with Gasteiger partial charge in [0.15, 0.2) is 116 Å². The van der Waals surface area contributed by atoms with E-state index in [2.05, 4.69) is 0 Å². The van der Waals surface area contributed by atoms with E-state index in [9.17, 15) is 35.1 Å². The molecule has 360 valence electrons. The normalized spacial score (nSPS) is 12.3. The molecule has 0 saturated carbocycles. The Morgan fingerprint density at radius 2 is 0.217 bits per heavy atom. The maximum Gasteiger partial charge on any atom is 0.198 e. The highest BCUT2D eigenvalue weighted by Gasteiger charge is 2.52. The van der Waals surface area contributed by atoms with Gasteiger partial charge in [-0.25, -0.2) is 123 Å². The zero-order chi connectivity index (χ0) is 51.6. The first-order valence-electron chi connectivity index (χ1n) is 17.4. The topological polar surface area (TPSA) is 0 Å². The van der Waals surface area contributed by atoms with Gasteiger partial charge in [-0.3, -0.25) is 0 Å². The van der Waals surface area contributed by atoms with Gasteiger partial charge in [-0.15, -0.1) is 21.9 Å². The molecule has 8 aromatic rings. The Morgan fingerprint density at radius 3 is 0.348 bits per heavy atom. The van der Waals surface area contributed by atoms with E-state index in [1.807, 2.05) is 0 Å².